The number of H-pyrrole nitrogens is 1. The van der Waals surface area contributed by atoms with Crippen LogP contribution in [0.2, 0.25) is 0 Å². The highest BCUT2D eigenvalue weighted by atomic mass is 35.5. The van der Waals surface area contributed by atoms with Gasteiger partial charge in [0.15, 0.2) is 0 Å². The van der Waals surface area contributed by atoms with Crippen LogP contribution in [0.4, 0.5) is 5.82 Å². The van der Waals surface area contributed by atoms with Gasteiger partial charge in [-0.05, 0) is 30.2 Å². The molecule has 0 aliphatic carbocycles. The lowest BCUT2D eigenvalue weighted by molar-refractivity contribution is 0.874. The number of anilines is 1. The molecule has 25 heavy (non-hydrogen) atoms. The van der Waals surface area contributed by atoms with Crippen molar-refractivity contribution >= 4 is 29.3 Å². The monoisotopic (exact) mass is 351 g/mol. The number of rotatable bonds is 4. The third-order valence-electron chi connectivity index (χ3n) is 4.04. The molecule has 126 valence electrons. The van der Waals surface area contributed by atoms with Crippen molar-refractivity contribution in [1.82, 2.24) is 20.2 Å². The summed E-state index contributed by atoms with van der Waals surface area (Å²) in [5, 5.41) is 10.2. The third kappa shape index (κ3) is 3.61. The summed E-state index contributed by atoms with van der Waals surface area (Å²) in [5.41, 5.74) is 5.07. The number of halogens is 1. The Labute approximate surface area is 151 Å². The number of benzene rings is 2. The zero-order valence-electron chi connectivity index (χ0n) is 13.7. The molecule has 4 aromatic rings. The standard InChI is InChI=1S/C19H17N5.ClH/c1-13(14-5-3-2-4-6-14)23-19-12-20-18-9-15(7-8-17(18)24-19)16-10-21-22-11-16;/h2-13H,1H3,(H,21,22)(H,23,24);1H/t13-;/m0./s1. The van der Waals surface area contributed by atoms with Gasteiger partial charge in [0.1, 0.15) is 5.82 Å². The second-order valence-electron chi connectivity index (χ2n) is 5.72. The molecule has 0 unspecified atom stereocenters. The summed E-state index contributed by atoms with van der Waals surface area (Å²) in [6, 6.07) is 16.5. The first-order chi connectivity index (χ1) is 11.8. The minimum atomic E-state index is 0. The van der Waals surface area contributed by atoms with Crippen molar-refractivity contribution in [2.45, 2.75) is 13.0 Å². The molecule has 5 nitrogen and oxygen atoms in total. The molecule has 0 radical (unpaired) electrons. The van der Waals surface area contributed by atoms with E-state index in [0.717, 1.165) is 28.0 Å². The molecule has 4 rings (SSSR count). The van der Waals surface area contributed by atoms with E-state index in [2.05, 4.69) is 44.5 Å². The van der Waals surface area contributed by atoms with Gasteiger partial charge >= 0.3 is 0 Å². The van der Waals surface area contributed by atoms with Crippen LogP contribution in [0.15, 0.2) is 67.1 Å². The van der Waals surface area contributed by atoms with Crippen molar-refractivity contribution in [2.75, 3.05) is 5.32 Å². The smallest absolute Gasteiger partial charge is 0.145 e. The van der Waals surface area contributed by atoms with Gasteiger partial charge in [0, 0.05) is 17.8 Å². The summed E-state index contributed by atoms with van der Waals surface area (Å²) in [4.78, 5) is 9.21. The molecule has 2 aromatic heterocycles. The Morgan fingerprint density at radius 1 is 0.960 bits per heavy atom. The van der Waals surface area contributed by atoms with E-state index < -0.39 is 0 Å². The Balaban J connectivity index is 0.00000182. The number of nitrogens with zero attached hydrogens (tertiary/aromatic N) is 3. The molecule has 0 aliphatic heterocycles. The molecule has 0 bridgehead atoms. The lowest BCUT2D eigenvalue weighted by atomic mass is 10.1. The van der Waals surface area contributed by atoms with Crippen molar-refractivity contribution in [3.8, 4) is 11.1 Å². The second kappa shape index (κ2) is 7.32. The molecule has 2 N–H and O–H groups in total. The summed E-state index contributed by atoms with van der Waals surface area (Å²) in [7, 11) is 0. The fraction of sp³-hybridized carbons (Fsp3) is 0.105. The van der Waals surface area contributed by atoms with Gasteiger partial charge < -0.3 is 5.32 Å². The minimum Gasteiger partial charge on any atom is -0.362 e. The SMILES string of the molecule is C[C@H](Nc1cnc2cc(-c3cn[nH]c3)ccc2n1)c1ccccc1.Cl. The summed E-state index contributed by atoms with van der Waals surface area (Å²) < 4.78 is 0. The maximum atomic E-state index is 4.67. The summed E-state index contributed by atoms with van der Waals surface area (Å²) in [6.45, 7) is 2.11. The van der Waals surface area contributed by atoms with Gasteiger partial charge in [0.05, 0.1) is 23.4 Å². The van der Waals surface area contributed by atoms with Crippen LogP contribution >= 0.6 is 12.4 Å². The number of fused-ring (bicyclic) bond motifs is 1. The average molecular weight is 352 g/mol. The van der Waals surface area contributed by atoms with E-state index in [9.17, 15) is 0 Å². The van der Waals surface area contributed by atoms with Gasteiger partial charge in [-0.25, -0.2) is 4.98 Å². The Morgan fingerprint density at radius 3 is 2.56 bits per heavy atom. The number of hydrogen-bond donors (Lipinski definition) is 2. The summed E-state index contributed by atoms with van der Waals surface area (Å²) >= 11 is 0. The van der Waals surface area contributed by atoms with Crippen molar-refractivity contribution in [1.29, 1.82) is 0 Å². The van der Waals surface area contributed by atoms with Crippen LogP contribution in [-0.4, -0.2) is 20.2 Å². The third-order valence-corrected chi connectivity index (χ3v) is 4.04. The topological polar surface area (TPSA) is 66.5 Å². The molecule has 0 fully saturated rings. The predicted molar refractivity (Wildman–Crippen MR) is 103 cm³/mol. The average Bonchev–Trinajstić information content (AvgIpc) is 3.17. The maximum Gasteiger partial charge on any atom is 0.145 e. The fourth-order valence-electron chi connectivity index (χ4n) is 2.72. The molecule has 0 saturated heterocycles. The highest BCUT2D eigenvalue weighted by Crippen LogP contribution is 2.23. The van der Waals surface area contributed by atoms with Crippen LogP contribution in [-0.2, 0) is 0 Å². The number of aromatic nitrogens is 4. The molecule has 1 atom stereocenters. The van der Waals surface area contributed by atoms with E-state index in [4.69, 9.17) is 0 Å². The molecule has 2 aromatic carbocycles. The first-order valence-corrected chi connectivity index (χ1v) is 7.87. The molecule has 0 amide bonds. The molecule has 6 heteroatoms. The van der Waals surface area contributed by atoms with E-state index in [-0.39, 0.29) is 18.4 Å². The molecule has 0 spiro atoms. The Hall–Kier alpha value is -2.92. The molecule has 0 saturated carbocycles. The van der Waals surface area contributed by atoms with Crippen LogP contribution in [0.5, 0.6) is 0 Å². The minimum absolute atomic E-state index is 0. The van der Waals surface area contributed by atoms with E-state index in [1.807, 2.05) is 42.6 Å². The molecule has 2 heterocycles. The summed E-state index contributed by atoms with van der Waals surface area (Å²) in [6.07, 6.45) is 5.44. The highest BCUT2D eigenvalue weighted by molar-refractivity contribution is 5.85. The van der Waals surface area contributed by atoms with Crippen LogP contribution in [0.1, 0.15) is 18.5 Å². The molecular weight excluding hydrogens is 334 g/mol. The first-order valence-electron chi connectivity index (χ1n) is 7.87. The van der Waals surface area contributed by atoms with Gasteiger partial charge in [0.25, 0.3) is 0 Å². The van der Waals surface area contributed by atoms with Crippen LogP contribution in [0.25, 0.3) is 22.2 Å². The number of nitrogens with one attached hydrogen (secondary N) is 2. The molecular formula is C19H18ClN5. The molecule has 0 aliphatic rings. The van der Waals surface area contributed by atoms with Crippen LogP contribution in [0.3, 0.4) is 0 Å². The zero-order valence-corrected chi connectivity index (χ0v) is 14.5. The maximum absolute atomic E-state index is 4.67. The van der Waals surface area contributed by atoms with Gasteiger partial charge in [0.2, 0.25) is 0 Å². The van der Waals surface area contributed by atoms with Gasteiger partial charge in [-0.15, -0.1) is 12.4 Å². The van der Waals surface area contributed by atoms with Crippen molar-refractivity contribution in [3.63, 3.8) is 0 Å². The first kappa shape index (κ1) is 16.9. The van der Waals surface area contributed by atoms with E-state index in [1.54, 1.807) is 12.4 Å². The van der Waals surface area contributed by atoms with Gasteiger partial charge in [-0.2, -0.15) is 5.10 Å². The highest BCUT2D eigenvalue weighted by Gasteiger charge is 2.08. The van der Waals surface area contributed by atoms with Gasteiger partial charge in [-0.3, -0.25) is 10.1 Å². The number of hydrogen-bond acceptors (Lipinski definition) is 4. The van der Waals surface area contributed by atoms with Crippen LogP contribution < -0.4 is 5.32 Å². The van der Waals surface area contributed by atoms with Crippen LogP contribution in [0, 0.1) is 0 Å². The largest absolute Gasteiger partial charge is 0.362 e. The Morgan fingerprint density at radius 2 is 1.80 bits per heavy atom. The van der Waals surface area contributed by atoms with Gasteiger partial charge in [-0.1, -0.05) is 36.4 Å². The fourth-order valence-corrected chi connectivity index (χ4v) is 2.72. The number of aromatic amines is 1. The zero-order chi connectivity index (χ0) is 16.4. The predicted octanol–water partition coefficient (Wildman–Crippen LogP) is 4.61. The van der Waals surface area contributed by atoms with Crippen molar-refractivity contribution in [3.05, 3.63) is 72.7 Å². The summed E-state index contributed by atoms with van der Waals surface area (Å²) in [5.74, 6) is 0.773. The second-order valence-corrected chi connectivity index (χ2v) is 5.72. The lowest BCUT2D eigenvalue weighted by Crippen LogP contribution is -2.08. The van der Waals surface area contributed by atoms with E-state index in [1.165, 1.54) is 5.56 Å². The quantitative estimate of drug-likeness (QED) is 0.563. The Bertz CT molecular complexity index is 954. The Kier molecular flexibility index (Phi) is 4.95. The lowest BCUT2D eigenvalue weighted by Gasteiger charge is -2.15. The van der Waals surface area contributed by atoms with E-state index in [0.29, 0.717) is 0 Å². The van der Waals surface area contributed by atoms with Crippen molar-refractivity contribution in [2.24, 2.45) is 0 Å². The van der Waals surface area contributed by atoms with Crippen molar-refractivity contribution < 1.29 is 0 Å². The van der Waals surface area contributed by atoms with E-state index >= 15 is 0 Å². The normalized spacial score (nSPS) is 11.7.